The van der Waals surface area contributed by atoms with Gasteiger partial charge in [-0.05, 0) is 18.8 Å². The first-order chi connectivity index (χ1) is 10.3. The summed E-state index contributed by atoms with van der Waals surface area (Å²) in [6.07, 6.45) is 2.61. The van der Waals surface area contributed by atoms with Crippen molar-refractivity contribution >= 4 is 17.8 Å². The number of ether oxygens (including phenoxy) is 2. The normalized spacial score (nSPS) is 18.8. The zero-order valence-corrected chi connectivity index (χ0v) is 12.1. The van der Waals surface area contributed by atoms with Gasteiger partial charge in [0.15, 0.2) is 0 Å². The van der Waals surface area contributed by atoms with Crippen molar-refractivity contribution in [3.63, 3.8) is 0 Å². The molecule has 1 saturated heterocycles. The third-order valence-corrected chi connectivity index (χ3v) is 3.51. The fourth-order valence-electron chi connectivity index (χ4n) is 2.13. The molecule has 1 saturated carbocycles. The van der Waals surface area contributed by atoms with Gasteiger partial charge in [-0.15, -0.1) is 0 Å². The van der Waals surface area contributed by atoms with Crippen LogP contribution in [0.2, 0.25) is 0 Å². The number of morpholine rings is 1. The van der Waals surface area contributed by atoms with Gasteiger partial charge in [0, 0.05) is 26.2 Å². The molecule has 1 aromatic heterocycles. The molecule has 1 aliphatic heterocycles. The second-order valence-electron chi connectivity index (χ2n) is 5.36. The van der Waals surface area contributed by atoms with Gasteiger partial charge in [-0.1, -0.05) is 0 Å². The number of aromatic nitrogens is 3. The van der Waals surface area contributed by atoms with Gasteiger partial charge in [-0.3, -0.25) is 0 Å². The van der Waals surface area contributed by atoms with Gasteiger partial charge in [-0.2, -0.15) is 15.0 Å². The summed E-state index contributed by atoms with van der Waals surface area (Å²) in [5.74, 6) is 2.12. The van der Waals surface area contributed by atoms with E-state index in [0.29, 0.717) is 38.3 Å². The topological polar surface area (TPSA) is 98.4 Å². The van der Waals surface area contributed by atoms with Gasteiger partial charge in [0.2, 0.25) is 17.8 Å². The van der Waals surface area contributed by atoms with E-state index in [-0.39, 0.29) is 5.95 Å². The van der Waals surface area contributed by atoms with Crippen molar-refractivity contribution in [2.24, 2.45) is 5.92 Å². The van der Waals surface area contributed by atoms with Crippen LogP contribution in [0.15, 0.2) is 0 Å². The van der Waals surface area contributed by atoms with E-state index < -0.39 is 0 Å². The third-order valence-electron chi connectivity index (χ3n) is 3.51. The molecule has 0 atom stereocenters. The summed E-state index contributed by atoms with van der Waals surface area (Å²) < 4.78 is 10.9. The SMILES string of the molecule is Nc1nc(NCCOCC2CC2)nc(N2CCOCC2)n1. The maximum atomic E-state index is 5.75. The average molecular weight is 294 g/mol. The van der Waals surface area contributed by atoms with E-state index >= 15 is 0 Å². The lowest BCUT2D eigenvalue weighted by atomic mass is 10.4. The lowest BCUT2D eigenvalue weighted by molar-refractivity contribution is 0.122. The number of nitrogens with one attached hydrogen (secondary N) is 1. The van der Waals surface area contributed by atoms with Gasteiger partial charge in [0.05, 0.1) is 19.8 Å². The van der Waals surface area contributed by atoms with Crippen LogP contribution in [0.4, 0.5) is 17.8 Å². The number of hydrogen-bond acceptors (Lipinski definition) is 8. The maximum Gasteiger partial charge on any atom is 0.232 e. The standard InChI is InChI=1S/C13H22N6O2/c14-11-16-12(15-3-6-21-9-10-1-2-10)18-13(17-11)19-4-7-20-8-5-19/h10H,1-9H2,(H3,14,15,16,17,18). The van der Waals surface area contributed by atoms with Crippen molar-refractivity contribution in [2.45, 2.75) is 12.8 Å². The molecule has 2 fully saturated rings. The molecule has 0 radical (unpaired) electrons. The Balaban J connectivity index is 1.50. The van der Waals surface area contributed by atoms with Crippen molar-refractivity contribution in [3.05, 3.63) is 0 Å². The van der Waals surface area contributed by atoms with Crippen LogP contribution in [-0.2, 0) is 9.47 Å². The minimum atomic E-state index is 0.230. The molecule has 8 heteroatoms. The lowest BCUT2D eigenvalue weighted by Gasteiger charge is -2.26. The van der Waals surface area contributed by atoms with Crippen molar-refractivity contribution in [1.29, 1.82) is 0 Å². The summed E-state index contributed by atoms with van der Waals surface area (Å²) in [7, 11) is 0. The molecule has 0 unspecified atom stereocenters. The number of nitrogen functional groups attached to an aromatic ring is 1. The number of nitrogens with two attached hydrogens (primary N) is 1. The zero-order chi connectivity index (χ0) is 14.5. The molecular formula is C13H22N6O2. The Morgan fingerprint density at radius 3 is 2.81 bits per heavy atom. The van der Waals surface area contributed by atoms with Gasteiger partial charge in [-0.25, -0.2) is 0 Å². The summed E-state index contributed by atoms with van der Waals surface area (Å²) in [5.41, 5.74) is 5.75. The van der Waals surface area contributed by atoms with Gasteiger partial charge in [0.25, 0.3) is 0 Å². The smallest absolute Gasteiger partial charge is 0.232 e. The predicted molar refractivity (Wildman–Crippen MR) is 79.3 cm³/mol. The van der Waals surface area contributed by atoms with Gasteiger partial charge >= 0.3 is 0 Å². The molecule has 3 N–H and O–H groups in total. The highest BCUT2D eigenvalue weighted by molar-refractivity contribution is 5.42. The molecule has 1 aromatic rings. The predicted octanol–water partition coefficient (Wildman–Crippen LogP) is 0.129. The van der Waals surface area contributed by atoms with Crippen molar-refractivity contribution in [3.8, 4) is 0 Å². The summed E-state index contributed by atoms with van der Waals surface area (Å²) in [6.45, 7) is 5.08. The molecule has 0 aromatic carbocycles. The minimum Gasteiger partial charge on any atom is -0.379 e. The van der Waals surface area contributed by atoms with Crippen molar-refractivity contribution < 1.29 is 9.47 Å². The lowest BCUT2D eigenvalue weighted by Crippen LogP contribution is -2.37. The Labute approximate surface area is 124 Å². The second kappa shape index (κ2) is 6.86. The van der Waals surface area contributed by atoms with Crippen molar-refractivity contribution in [1.82, 2.24) is 15.0 Å². The first kappa shape index (κ1) is 14.3. The highest BCUT2D eigenvalue weighted by Crippen LogP contribution is 2.28. The van der Waals surface area contributed by atoms with E-state index in [1.54, 1.807) is 0 Å². The van der Waals surface area contributed by atoms with Crippen LogP contribution in [0.1, 0.15) is 12.8 Å². The van der Waals surface area contributed by atoms with Crippen LogP contribution in [0.3, 0.4) is 0 Å². The van der Waals surface area contributed by atoms with Crippen LogP contribution in [0.25, 0.3) is 0 Å². The molecule has 21 heavy (non-hydrogen) atoms. The summed E-state index contributed by atoms with van der Waals surface area (Å²) in [5, 5.41) is 3.13. The monoisotopic (exact) mass is 294 g/mol. The fraction of sp³-hybridized carbons (Fsp3) is 0.769. The van der Waals surface area contributed by atoms with Crippen LogP contribution in [0, 0.1) is 5.92 Å². The molecule has 0 spiro atoms. The molecule has 0 bridgehead atoms. The molecule has 1 aliphatic carbocycles. The average Bonchev–Trinajstić information content (AvgIpc) is 3.31. The van der Waals surface area contributed by atoms with E-state index in [9.17, 15) is 0 Å². The molecule has 8 nitrogen and oxygen atoms in total. The van der Waals surface area contributed by atoms with E-state index in [4.69, 9.17) is 15.2 Å². The molecule has 0 amide bonds. The first-order valence-corrected chi connectivity index (χ1v) is 7.47. The van der Waals surface area contributed by atoms with Crippen molar-refractivity contribution in [2.75, 3.05) is 62.0 Å². The van der Waals surface area contributed by atoms with Crippen LogP contribution >= 0.6 is 0 Å². The Hall–Kier alpha value is -1.67. The van der Waals surface area contributed by atoms with Gasteiger partial charge < -0.3 is 25.4 Å². The molecular weight excluding hydrogens is 272 g/mol. The van der Waals surface area contributed by atoms with E-state index in [1.807, 2.05) is 0 Å². The number of hydrogen-bond donors (Lipinski definition) is 2. The Kier molecular flexibility index (Phi) is 4.66. The largest absolute Gasteiger partial charge is 0.379 e. The summed E-state index contributed by atoms with van der Waals surface area (Å²) in [4.78, 5) is 14.7. The minimum absolute atomic E-state index is 0.230. The van der Waals surface area contributed by atoms with Crippen LogP contribution in [0.5, 0.6) is 0 Å². The third kappa shape index (κ3) is 4.40. The maximum absolute atomic E-state index is 5.75. The molecule has 2 aliphatic rings. The van der Waals surface area contributed by atoms with E-state index in [2.05, 4.69) is 25.2 Å². The summed E-state index contributed by atoms with van der Waals surface area (Å²) >= 11 is 0. The Morgan fingerprint density at radius 2 is 2.05 bits per heavy atom. The zero-order valence-electron chi connectivity index (χ0n) is 12.1. The van der Waals surface area contributed by atoms with E-state index in [1.165, 1.54) is 12.8 Å². The van der Waals surface area contributed by atoms with Crippen LogP contribution < -0.4 is 16.0 Å². The molecule has 116 valence electrons. The highest BCUT2D eigenvalue weighted by atomic mass is 16.5. The number of anilines is 3. The fourth-order valence-corrected chi connectivity index (χ4v) is 2.13. The van der Waals surface area contributed by atoms with E-state index in [0.717, 1.165) is 25.6 Å². The first-order valence-electron chi connectivity index (χ1n) is 7.47. The second-order valence-corrected chi connectivity index (χ2v) is 5.36. The Bertz CT molecular complexity index is 462. The van der Waals surface area contributed by atoms with Gasteiger partial charge in [0.1, 0.15) is 0 Å². The Morgan fingerprint density at radius 1 is 1.24 bits per heavy atom. The molecule has 2 heterocycles. The molecule has 3 rings (SSSR count). The summed E-state index contributed by atoms with van der Waals surface area (Å²) in [6, 6.07) is 0. The quantitative estimate of drug-likeness (QED) is 0.685. The van der Waals surface area contributed by atoms with Crippen LogP contribution in [-0.4, -0.2) is 61.0 Å². The highest BCUT2D eigenvalue weighted by Gasteiger charge is 2.21. The number of rotatable bonds is 7. The number of nitrogens with zero attached hydrogens (tertiary/aromatic N) is 4.